The highest BCUT2D eigenvalue weighted by atomic mass is 16.5. The highest BCUT2D eigenvalue weighted by Crippen LogP contribution is 2.35. The zero-order valence-corrected chi connectivity index (χ0v) is 19.6. The lowest BCUT2D eigenvalue weighted by atomic mass is 9.96. The molecule has 2 heterocycles. The first kappa shape index (κ1) is 21.6. The molecule has 33 heavy (non-hydrogen) atoms. The van der Waals surface area contributed by atoms with E-state index in [-0.39, 0.29) is 18.1 Å². The summed E-state index contributed by atoms with van der Waals surface area (Å²) in [5, 5.41) is 3.05. The van der Waals surface area contributed by atoms with Crippen molar-refractivity contribution in [3.05, 3.63) is 52.8 Å². The maximum atomic E-state index is 12.6. The minimum absolute atomic E-state index is 0.0602. The monoisotopic (exact) mass is 448 g/mol. The Bertz CT molecular complexity index is 1130. The molecule has 2 aliphatic rings. The normalized spacial score (nSPS) is 19.2. The third-order valence-electron chi connectivity index (χ3n) is 6.97. The van der Waals surface area contributed by atoms with Crippen LogP contribution < -0.4 is 14.8 Å². The number of carbonyl (C=O) groups is 1. The number of hydrogen-bond donors (Lipinski definition) is 2. The summed E-state index contributed by atoms with van der Waals surface area (Å²) in [5.74, 6) is 2.52. The first-order chi connectivity index (χ1) is 16.0. The number of carbonyl (C=O) groups excluding carboxylic acids is 1. The van der Waals surface area contributed by atoms with Crippen LogP contribution in [0.25, 0.3) is 11.0 Å². The van der Waals surface area contributed by atoms with Crippen molar-refractivity contribution in [1.82, 2.24) is 20.2 Å². The molecule has 3 aromatic rings. The maximum absolute atomic E-state index is 12.6. The quantitative estimate of drug-likeness (QED) is 0.567. The van der Waals surface area contributed by atoms with Gasteiger partial charge in [0.2, 0.25) is 0 Å². The molecule has 1 aliphatic carbocycles. The Hall–Kier alpha value is -3.22. The van der Waals surface area contributed by atoms with Gasteiger partial charge in [-0.15, -0.1) is 0 Å². The van der Waals surface area contributed by atoms with Crippen LogP contribution in [0.3, 0.4) is 0 Å². The molecule has 2 aromatic carbocycles. The average Bonchev–Trinajstić information content (AvgIpc) is 3.45. The van der Waals surface area contributed by atoms with Crippen LogP contribution in [0.4, 0.5) is 4.79 Å². The largest absolute Gasteiger partial charge is 0.493 e. The van der Waals surface area contributed by atoms with E-state index in [1.807, 2.05) is 11.0 Å². The van der Waals surface area contributed by atoms with Crippen molar-refractivity contribution in [1.29, 1.82) is 0 Å². The number of amides is 2. The fourth-order valence-corrected chi connectivity index (χ4v) is 4.90. The van der Waals surface area contributed by atoms with Crippen LogP contribution in [-0.4, -0.2) is 47.2 Å². The molecule has 7 heteroatoms. The molecule has 1 atom stereocenters. The summed E-state index contributed by atoms with van der Waals surface area (Å²) in [6.45, 7) is 5.85. The predicted octanol–water partition coefficient (Wildman–Crippen LogP) is 4.82. The van der Waals surface area contributed by atoms with Gasteiger partial charge in [0, 0.05) is 19.0 Å². The lowest BCUT2D eigenvalue weighted by molar-refractivity contribution is 0.175. The number of fused-ring (bicyclic) bond motifs is 1. The smallest absolute Gasteiger partial charge is 0.317 e. The van der Waals surface area contributed by atoms with E-state index in [0.717, 1.165) is 46.8 Å². The Morgan fingerprint density at radius 1 is 1.09 bits per heavy atom. The van der Waals surface area contributed by atoms with Crippen molar-refractivity contribution < 1.29 is 14.3 Å². The number of aromatic amines is 1. The van der Waals surface area contributed by atoms with E-state index in [1.165, 1.54) is 24.0 Å². The number of aromatic nitrogens is 2. The summed E-state index contributed by atoms with van der Waals surface area (Å²) < 4.78 is 11.8. The number of nitrogens with zero attached hydrogens (tertiary/aromatic N) is 2. The molecule has 7 nitrogen and oxygen atoms in total. The summed E-state index contributed by atoms with van der Waals surface area (Å²) in [5.41, 5.74) is 5.52. The molecule has 174 valence electrons. The molecule has 2 amide bonds. The van der Waals surface area contributed by atoms with E-state index >= 15 is 0 Å². The Balaban J connectivity index is 1.34. The number of benzene rings is 2. The van der Waals surface area contributed by atoms with Crippen LogP contribution in [-0.2, 0) is 6.54 Å². The van der Waals surface area contributed by atoms with Crippen molar-refractivity contribution in [2.45, 2.75) is 58.1 Å². The molecule has 1 aromatic heterocycles. The van der Waals surface area contributed by atoms with Gasteiger partial charge in [-0.2, -0.15) is 0 Å². The first-order valence-corrected chi connectivity index (χ1v) is 11.8. The zero-order valence-electron chi connectivity index (χ0n) is 19.6. The highest BCUT2D eigenvalue weighted by molar-refractivity contribution is 5.78. The second-order valence-corrected chi connectivity index (χ2v) is 9.34. The molecule has 1 aliphatic heterocycles. The third-order valence-corrected chi connectivity index (χ3v) is 6.97. The number of H-pyrrole nitrogens is 1. The molecule has 1 unspecified atom stereocenters. The molecular weight excluding hydrogens is 416 g/mol. The topological polar surface area (TPSA) is 79.5 Å². The van der Waals surface area contributed by atoms with E-state index in [1.54, 1.807) is 7.11 Å². The number of rotatable bonds is 6. The zero-order chi connectivity index (χ0) is 22.9. The van der Waals surface area contributed by atoms with Crippen molar-refractivity contribution in [3.8, 4) is 11.5 Å². The van der Waals surface area contributed by atoms with Crippen LogP contribution >= 0.6 is 0 Å². The summed E-state index contributed by atoms with van der Waals surface area (Å²) in [6, 6.07) is 10.3. The molecule has 1 saturated heterocycles. The SMILES string of the molecule is COc1ccc(C2CNC(=O)N(Cc3nc4cc(C)c(C)cc4[nH]3)C2)cc1OC1CCCC1. The Morgan fingerprint density at radius 3 is 2.67 bits per heavy atom. The van der Waals surface area contributed by atoms with Gasteiger partial charge in [0.05, 0.1) is 30.8 Å². The Kier molecular flexibility index (Phi) is 5.87. The molecule has 5 rings (SSSR count). The molecule has 2 fully saturated rings. The van der Waals surface area contributed by atoms with Gasteiger partial charge >= 0.3 is 6.03 Å². The number of ether oxygens (including phenoxy) is 2. The maximum Gasteiger partial charge on any atom is 0.317 e. The van der Waals surface area contributed by atoms with Gasteiger partial charge in [-0.05, 0) is 80.5 Å². The Labute approximate surface area is 194 Å². The van der Waals surface area contributed by atoms with E-state index in [2.05, 4.69) is 48.4 Å². The van der Waals surface area contributed by atoms with Gasteiger partial charge < -0.3 is 24.7 Å². The molecule has 0 bridgehead atoms. The standard InChI is InChI=1S/C26H32N4O3/c1-16-10-21-22(11-17(16)2)29-25(28-21)15-30-14-19(13-27-26(30)31)18-8-9-23(32-3)24(12-18)33-20-6-4-5-7-20/h8-12,19-20H,4-7,13-15H2,1-3H3,(H,27,31)(H,28,29). The highest BCUT2D eigenvalue weighted by Gasteiger charge is 2.28. The fourth-order valence-electron chi connectivity index (χ4n) is 4.90. The van der Waals surface area contributed by atoms with Gasteiger partial charge in [-0.25, -0.2) is 9.78 Å². The summed E-state index contributed by atoms with van der Waals surface area (Å²) in [6.07, 6.45) is 4.89. The summed E-state index contributed by atoms with van der Waals surface area (Å²) >= 11 is 0. The van der Waals surface area contributed by atoms with Crippen LogP contribution in [0.5, 0.6) is 11.5 Å². The summed E-state index contributed by atoms with van der Waals surface area (Å²) in [4.78, 5) is 22.6. The van der Waals surface area contributed by atoms with E-state index in [4.69, 9.17) is 14.5 Å². The number of methoxy groups -OCH3 is 1. The van der Waals surface area contributed by atoms with Crippen molar-refractivity contribution in [2.75, 3.05) is 20.2 Å². The predicted molar refractivity (Wildman–Crippen MR) is 128 cm³/mol. The first-order valence-electron chi connectivity index (χ1n) is 11.8. The van der Waals surface area contributed by atoms with Gasteiger partial charge in [0.25, 0.3) is 0 Å². The van der Waals surface area contributed by atoms with Gasteiger partial charge in [0.15, 0.2) is 11.5 Å². The lowest BCUT2D eigenvalue weighted by Crippen LogP contribution is -2.49. The number of imidazole rings is 1. The number of urea groups is 1. The Morgan fingerprint density at radius 2 is 1.88 bits per heavy atom. The van der Waals surface area contributed by atoms with Gasteiger partial charge in [-0.1, -0.05) is 6.07 Å². The summed E-state index contributed by atoms with van der Waals surface area (Å²) in [7, 11) is 1.68. The minimum atomic E-state index is -0.0602. The van der Waals surface area contributed by atoms with E-state index < -0.39 is 0 Å². The van der Waals surface area contributed by atoms with Crippen LogP contribution in [0.2, 0.25) is 0 Å². The minimum Gasteiger partial charge on any atom is -0.493 e. The number of nitrogens with one attached hydrogen (secondary N) is 2. The van der Waals surface area contributed by atoms with Crippen LogP contribution in [0, 0.1) is 13.8 Å². The van der Waals surface area contributed by atoms with Crippen molar-refractivity contribution >= 4 is 17.1 Å². The second kappa shape index (κ2) is 8.96. The molecule has 2 N–H and O–H groups in total. The molecule has 0 spiro atoms. The van der Waals surface area contributed by atoms with E-state index in [0.29, 0.717) is 19.6 Å². The van der Waals surface area contributed by atoms with Crippen LogP contribution in [0.1, 0.15) is 54.1 Å². The lowest BCUT2D eigenvalue weighted by Gasteiger charge is -2.33. The van der Waals surface area contributed by atoms with E-state index in [9.17, 15) is 4.79 Å². The number of hydrogen-bond acceptors (Lipinski definition) is 4. The molecule has 0 radical (unpaired) electrons. The van der Waals surface area contributed by atoms with Crippen molar-refractivity contribution in [2.24, 2.45) is 0 Å². The van der Waals surface area contributed by atoms with Gasteiger partial charge in [0.1, 0.15) is 5.82 Å². The van der Waals surface area contributed by atoms with Crippen LogP contribution in [0.15, 0.2) is 30.3 Å². The molecule has 1 saturated carbocycles. The second-order valence-electron chi connectivity index (χ2n) is 9.34. The van der Waals surface area contributed by atoms with Gasteiger partial charge in [-0.3, -0.25) is 0 Å². The average molecular weight is 449 g/mol. The van der Waals surface area contributed by atoms with Crippen molar-refractivity contribution in [3.63, 3.8) is 0 Å². The number of aryl methyl sites for hydroxylation is 2. The fraction of sp³-hybridized carbons (Fsp3) is 0.462. The molecular formula is C26H32N4O3. The third kappa shape index (κ3) is 4.49.